The fourth-order valence-corrected chi connectivity index (χ4v) is 7.12. The van der Waals surface area contributed by atoms with Crippen LogP contribution >= 0.6 is 15.6 Å². The molecule has 0 heterocycles. The largest absolute Gasteiger partial charge is 0.472 e. The molecule has 0 aliphatic rings. The molecule has 7 N–H and O–H groups in total. The number of carbonyl (C=O) groups excluding carboxylic acids is 2. The van der Waals surface area contributed by atoms with Gasteiger partial charge in [-0.3, -0.25) is 23.2 Å². The van der Waals surface area contributed by atoms with Gasteiger partial charge >= 0.3 is 27.6 Å². The SMILES string of the molecule is CCCCCCCCCCCCCCCCCC(=O)O[C@H](COC(=O)CCC[C@@H](O)[C@H](O)/C=C/C=C/C=C\C=C\[C@H](O)CCCCC)COP(=O)(O)OC[C@@H](O)COP(=O)(O)O. The summed E-state index contributed by atoms with van der Waals surface area (Å²) in [7, 11) is -9.79. The van der Waals surface area contributed by atoms with Gasteiger partial charge in [0.25, 0.3) is 0 Å². The number of phosphoric ester groups is 2. The van der Waals surface area contributed by atoms with Gasteiger partial charge in [-0.2, -0.15) is 0 Å². The Hall–Kier alpha value is -2.04. The molecule has 0 fully saturated rings. The van der Waals surface area contributed by atoms with E-state index in [0.717, 1.165) is 51.4 Å². The molecule has 0 aliphatic carbocycles. The Balaban J connectivity index is 4.80. The molecule has 0 aromatic rings. The molecule has 0 aliphatic heterocycles. The molecule has 362 valence electrons. The lowest BCUT2D eigenvalue weighted by molar-refractivity contribution is -0.161. The van der Waals surface area contributed by atoms with E-state index in [2.05, 4.69) is 22.9 Å². The van der Waals surface area contributed by atoms with Crippen LogP contribution in [0.4, 0.5) is 0 Å². The van der Waals surface area contributed by atoms with Gasteiger partial charge in [0.15, 0.2) is 6.10 Å². The van der Waals surface area contributed by atoms with Crippen molar-refractivity contribution >= 4 is 27.6 Å². The van der Waals surface area contributed by atoms with E-state index in [9.17, 15) is 44.0 Å². The van der Waals surface area contributed by atoms with Crippen LogP contribution < -0.4 is 0 Å². The minimum atomic E-state index is -4.90. The number of allylic oxidation sites excluding steroid dienone is 6. The Kier molecular flexibility index (Phi) is 38.0. The van der Waals surface area contributed by atoms with E-state index in [4.69, 9.17) is 23.8 Å². The summed E-state index contributed by atoms with van der Waals surface area (Å²) < 4.78 is 47.6. The lowest BCUT2D eigenvalue weighted by atomic mass is 10.0. The van der Waals surface area contributed by atoms with Crippen LogP contribution in [0.1, 0.15) is 162 Å². The van der Waals surface area contributed by atoms with Gasteiger partial charge in [-0.25, -0.2) is 9.13 Å². The molecular formula is C44H80O16P2. The van der Waals surface area contributed by atoms with E-state index in [1.807, 2.05) is 0 Å². The Morgan fingerprint density at radius 3 is 1.55 bits per heavy atom. The molecule has 0 saturated heterocycles. The predicted molar refractivity (Wildman–Crippen MR) is 239 cm³/mol. The third-order valence-corrected chi connectivity index (χ3v) is 11.0. The molecular weight excluding hydrogens is 846 g/mol. The smallest absolute Gasteiger partial charge is 0.462 e. The Bertz CT molecular complexity index is 1330. The lowest BCUT2D eigenvalue weighted by Gasteiger charge is -2.20. The van der Waals surface area contributed by atoms with Gasteiger partial charge in [0.1, 0.15) is 12.7 Å². The average Bonchev–Trinajstić information content (AvgIpc) is 3.22. The average molecular weight is 927 g/mol. The zero-order valence-electron chi connectivity index (χ0n) is 37.3. The number of ether oxygens (including phenoxy) is 2. The van der Waals surface area contributed by atoms with Gasteiger partial charge in [-0.05, 0) is 25.7 Å². The normalized spacial score (nSPS) is 16.0. The fraction of sp³-hybridized carbons (Fsp3) is 0.773. The number of rotatable bonds is 42. The van der Waals surface area contributed by atoms with Crippen molar-refractivity contribution in [2.45, 2.75) is 192 Å². The Labute approximate surface area is 370 Å². The number of phosphoric acid groups is 2. The van der Waals surface area contributed by atoms with Crippen LogP contribution in [0.25, 0.3) is 0 Å². The van der Waals surface area contributed by atoms with Crippen molar-refractivity contribution in [3.8, 4) is 0 Å². The highest BCUT2D eigenvalue weighted by Gasteiger charge is 2.28. The number of hydrogen-bond acceptors (Lipinski definition) is 13. The minimum Gasteiger partial charge on any atom is -0.462 e. The second-order valence-electron chi connectivity index (χ2n) is 15.5. The van der Waals surface area contributed by atoms with Crippen molar-refractivity contribution in [1.82, 2.24) is 0 Å². The number of aliphatic hydroxyl groups excluding tert-OH is 4. The first-order valence-electron chi connectivity index (χ1n) is 22.7. The second-order valence-corrected chi connectivity index (χ2v) is 18.2. The highest BCUT2D eigenvalue weighted by Crippen LogP contribution is 2.43. The maximum atomic E-state index is 12.7. The zero-order chi connectivity index (χ0) is 46.3. The summed E-state index contributed by atoms with van der Waals surface area (Å²) in [4.78, 5) is 52.8. The highest BCUT2D eigenvalue weighted by atomic mass is 31.2. The maximum Gasteiger partial charge on any atom is 0.472 e. The standard InChI is InChI=1S/C44H80O16P2/c1-3-5-7-8-9-10-11-12-13-14-15-16-17-22-26-32-44(50)60-40(37-59-62(54,55)58-35-39(46)34-57-61(51,52)53)36-56-43(49)33-27-31-42(48)41(47)30-25-21-19-18-20-24-29-38(45)28-23-6-4-2/h18-21,24-25,29-30,38-42,45-48H,3-17,22-23,26-28,31-37H2,1-2H3,(H,54,55)(H2,51,52,53)/b20-18-,21-19+,29-24+,30-25+/t38-,39+,40-,41-,42-/m1/s1. The van der Waals surface area contributed by atoms with Gasteiger partial charge in [0, 0.05) is 12.8 Å². The molecule has 0 rings (SSSR count). The number of unbranched alkanes of at least 4 members (excludes halogenated alkanes) is 16. The van der Waals surface area contributed by atoms with Crippen molar-refractivity contribution < 1.29 is 76.9 Å². The van der Waals surface area contributed by atoms with Crippen LogP contribution in [-0.2, 0) is 41.8 Å². The third-order valence-electron chi connectivity index (χ3n) is 9.58. The summed E-state index contributed by atoms with van der Waals surface area (Å²) in [6.07, 6.45) is 28.9. The predicted octanol–water partition coefficient (Wildman–Crippen LogP) is 8.36. The first-order valence-corrected chi connectivity index (χ1v) is 25.7. The van der Waals surface area contributed by atoms with Crippen molar-refractivity contribution in [3.63, 3.8) is 0 Å². The topological polar surface area (TPSA) is 256 Å². The Morgan fingerprint density at radius 2 is 0.984 bits per heavy atom. The molecule has 0 bridgehead atoms. The van der Waals surface area contributed by atoms with E-state index in [0.29, 0.717) is 6.42 Å². The number of carbonyl (C=O) groups is 2. The fourth-order valence-electron chi connectivity index (χ4n) is 5.97. The van der Waals surface area contributed by atoms with E-state index >= 15 is 0 Å². The van der Waals surface area contributed by atoms with Crippen molar-refractivity contribution in [2.75, 3.05) is 26.4 Å². The summed E-state index contributed by atoms with van der Waals surface area (Å²) >= 11 is 0. The second kappa shape index (κ2) is 39.3. The summed E-state index contributed by atoms with van der Waals surface area (Å²) in [6.45, 7) is 1.28. The number of aliphatic hydroxyl groups is 4. The first-order chi connectivity index (χ1) is 29.6. The van der Waals surface area contributed by atoms with Gasteiger partial charge in [0.05, 0.1) is 38.1 Å². The quantitative estimate of drug-likeness (QED) is 0.0131. The van der Waals surface area contributed by atoms with E-state index in [-0.39, 0.29) is 25.7 Å². The van der Waals surface area contributed by atoms with Crippen LogP contribution in [-0.4, -0.2) is 104 Å². The summed E-state index contributed by atoms with van der Waals surface area (Å²) in [5, 5.41) is 40.2. The summed E-state index contributed by atoms with van der Waals surface area (Å²) in [6, 6.07) is 0. The van der Waals surface area contributed by atoms with Gasteiger partial charge in [-0.15, -0.1) is 0 Å². The molecule has 0 saturated carbocycles. The molecule has 0 spiro atoms. The van der Waals surface area contributed by atoms with Gasteiger partial charge in [-0.1, -0.05) is 172 Å². The van der Waals surface area contributed by atoms with Crippen LogP contribution in [0.2, 0.25) is 0 Å². The van der Waals surface area contributed by atoms with E-state index in [1.165, 1.54) is 70.3 Å². The molecule has 0 amide bonds. The highest BCUT2D eigenvalue weighted by molar-refractivity contribution is 7.47. The molecule has 6 atom stereocenters. The van der Waals surface area contributed by atoms with Gasteiger partial charge in [0.2, 0.25) is 0 Å². The lowest BCUT2D eigenvalue weighted by Crippen LogP contribution is -2.30. The monoisotopic (exact) mass is 926 g/mol. The number of esters is 2. The zero-order valence-corrected chi connectivity index (χ0v) is 39.1. The van der Waals surface area contributed by atoms with Crippen LogP contribution in [0.3, 0.4) is 0 Å². The first kappa shape index (κ1) is 60.0. The molecule has 0 radical (unpaired) electrons. The summed E-state index contributed by atoms with van der Waals surface area (Å²) in [5.41, 5.74) is 0. The van der Waals surface area contributed by atoms with Gasteiger partial charge < -0.3 is 44.6 Å². The Morgan fingerprint density at radius 1 is 0.516 bits per heavy atom. The molecule has 16 nitrogen and oxygen atoms in total. The molecule has 1 unspecified atom stereocenters. The number of hydrogen-bond donors (Lipinski definition) is 7. The molecule has 0 aromatic carbocycles. The van der Waals surface area contributed by atoms with Crippen LogP contribution in [0.5, 0.6) is 0 Å². The third kappa shape index (κ3) is 40.7. The molecule has 18 heteroatoms. The maximum absolute atomic E-state index is 12.7. The summed E-state index contributed by atoms with van der Waals surface area (Å²) in [5.74, 6) is -1.36. The van der Waals surface area contributed by atoms with E-state index < -0.39 is 84.5 Å². The molecule has 0 aromatic heterocycles. The van der Waals surface area contributed by atoms with Crippen molar-refractivity contribution in [1.29, 1.82) is 0 Å². The van der Waals surface area contributed by atoms with Crippen LogP contribution in [0, 0.1) is 0 Å². The van der Waals surface area contributed by atoms with E-state index in [1.54, 1.807) is 42.5 Å². The molecule has 62 heavy (non-hydrogen) atoms. The van der Waals surface area contributed by atoms with Crippen molar-refractivity contribution in [2.24, 2.45) is 0 Å². The minimum absolute atomic E-state index is 0.0600. The van der Waals surface area contributed by atoms with Crippen LogP contribution in [0.15, 0.2) is 48.6 Å². The van der Waals surface area contributed by atoms with Crippen molar-refractivity contribution in [3.05, 3.63) is 48.6 Å².